The van der Waals surface area contributed by atoms with Crippen molar-refractivity contribution in [3.63, 3.8) is 0 Å². The second kappa shape index (κ2) is 4.55. The number of sulfone groups is 1. The van der Waals surface area contributed by atoms with Gasteiger partial charge in [-0.05, 0) is 37.1 Å². The van der Waals surface area contributed by atoms with Crippen LogP contribution in [0.25, 0.3) is 0 Å². The molecule has 1 heterocycles. The average molecular weight is 279 g/mol. The summed E-state index contributed by atoms with van der Waals surface area (Å²) in [5, 5.41) is 3.11. The fourth-order valence-corrected chi connectivity index (χ4v) is 2.82. The Morgan fingerprint density at radius 3 is 2.56 bits per heavy atom. The Labute approximate surface area is 103 Å². The van der Waals surface area contributed by atoms with Gasteiger partial charge in [0.05, 0.1) is 4.90 Å². The maximum absolute atomic E-state index is 12.4. The van der Waals surface area contributed by atoms with Crippen LogP contribution in [-0.2, 0) is 9.84 Å². The lowest BCUT2D eigenvalue weighted by Gasteiger charge is -2.13. The van der Waals surface area contributed by atoms with Gasteiger partial charge in [-0.15, -0.1) is 0 Å². The van der Waals surface area contributed by atoms with E-state index in [9.17, 15) is 21.6 Å². The first-order valence-corrected chi connectivity index (χ1v) is 6.95. The number of alkyl halides is 3. The number of hydrogen-bond acceptors (Lipinski definition) is 3. The molecule has 1 unspecified atom stereocenters. The molecule has 100 valence electrons. The fourth-order valence-electron chi connectivity index (χ4n) is 2.00. The summed E-state index contributed by atoms with van der Waals surface area (Å²) < 4.78 is 59.8. The van der Waals surface area contributed by atoms with E-state index in [1.165, 1.54) is 6.07 Å². The Morgan fingerprint density at radius 2 is 2.00 bits per heavy atom. The molecule has 1 aliphatic rings. The quantitative estimate of drug-likeness (QED) is 0.904. The molecule has 7 heteroatoms. The van der Waals surface area contributed by atoms with Crippen molar-refractivity contribution in [1.29, 1.82) is 0 Å². The SMILES string of the molecule is O=S(=O)(c1cccc(C2CCCN2)c1)C(F)(F)F. The standard InChI is InChI=1S/C11H12F3NO2S/c12-11(13,14)18(16,17)9-4-1-3-8(7-9)10-5-2-6-15-10/h1,3-4,7,10,15H,2,5-6H2. The smallest absolute Gasteiger partial charge is 0.310 e. The zero-order valence-corrected chi connectivity index (χ0v) is 10.2. The van der Waals surface area contributed by atoms with Crippen molar-refractivity contribution in [3.8, 4) is 0 Å². The highest BCUT2D eigenvalue weighted by atomic mass is 32.2. The predicted molar refractivity (Wildman–Crippen MR) is 59.7 cm³/mol. The van der Waals surface area contributed by atoms with Gasteiger partial charge in [0.2, 0.25) is 0 Å². The van der Waals surface area contributed by atoms with Crippen molar-refractivity contribution in [2.75, 3.05) is 6.54 Å². The van der Waals surface area contributed by atoms with Gasteiger partial charge < -0.3 is 5.32 Å². The number of benzene rings is 1. The highest BCUT2D eigenvalue weighted by molar-refractivity contribution is 7.92. The first kappa shape index (κ1) is 13.4. The lowest BCUT2D eigenvalue weighted by molar-refractivity contribution is -0.0436. The van der Waals surface area contributed by atoms with Crippen LogP contribution in [0.1, 0.15) is 24.4 Å². The van der Waals surface area contributed by atoms with E-state index >= 15 is 0 Å². The second-order valence-corrected chi connectivity index (χ2v) is 6.11. The molecule has 1 aromatic carbocycles. The van der Waals surface area contributed by atoms with Crippen LogP contribution >= 0.6 is 0 Å². The minimum atomic E-state index is -5.26. The molecular weight excluding hydrogens is 267 g/mol. The largest absolute Gasteiger partial charge is 0.501 e. The Hall–Kier alpha value is -1.08. The van der Waals surface area contributed by atoms with Crippen LogP contribution in [0.5, 0.6) is 0 Å². The highest BCUT2D eigenvalue weighted by Crippen LogP contribution is 2.32. The highest BCUT2D eigenvalue weighted by Gasteiger charge is 2.46. The van der Waals surface area contributed by atoms with E-state index < -0.39 is 20.2 Å². The third kappa shape index (κ3) is 2.37. The van der Waals surface area contributed by atoms with Crippen molar-refractivity contribution in [2.45, 2.75) is 29.3 Å². The average Bonchev–Trinajstić information content (AvgIpc) is 2.81. The summed E-state index contributed by atoms with van der Waals surface area (Å²) in [7, 11) is -5.26. The van der Waals surface area contributed by atoms with Gasteiger partial charge in [0.1, 0.15) is 0 Å². The minimum absolute atomic E-state index is 0.0617. The Balaban J connectivity index is 2.39. The van der Waals surface area contributed by atoms with Crippen LogP contribution < -0.4 is 5.32 Å². The molecule has 1 atom stereocenters. The van der Waals surface area contributed by atoms with Gasteiger partial charge >= 0.3 is 5.51 Å². The zero-order valence-electron chi connectivity index (χ0n) is 9.37. The van der Waals surface area contributed by atoms with Gasteiger partial charge in [0.25, 0.3) is 9.84 Å². The molecule has 1 aliphatic heterocycles. The first-order chi connectivity index (χ1) is 8.32. The molecule has 0 aliphatic carbocycles. The van der Waals surface area contributed by atoms with Crippen LogP contribution in [0, 0.1) is 0 Å². The van der Waals surface area contributed by atoms with E-state index in [0.29, 0.717) is 5.56 Å². The Bertz CT molecular complexity index is 533. The van der Waals surface area contributed by atoms with Gasteiger partial charge in [-0.1, -0.05) is 12.1 Å². The molecule has 3 nitrogen and oxygen atoms in total. The van der Waals surface area contributed by atoms with Gasteiger partial charge in [-0.3, -0.25) is 0 Å². The Morgan fingerprint density at radius 1 is 1.28 bits per heavy atom. The summed E-state index contributed by atoms with van der Waals surface area (Å²) in [5.41, 5.74) is -4.67. The molecule has 1 fully saturated rings. The van der Waals surface area contributed by atoms with Crippen LogP contribution in [0.4, 0.5) is 13.2 Å². The van der Waals surface area contributed by atoms with E-state index in [-0.39, 0.29) is 6.04 Å². The molecule has 0 aromatic heterocycles. The van der Waals surface area contributed by atoms with E-state index in [0.717, 1.165) is 31.5 Å². The Kier molecular flexibility index (Phi) is 3.37. The number of nitrogens with one attached hydrogen (secondary N) is 1. The van der Waals surface area contributed by atoms with E-state index in [1.54, 1.807) is 6.07 Å². The molecule has 0 radical (unpaired) electrons. The van der Waals surface area contributed by atoms with Gasteiger partial charge in [-0.25, -0.2) is 8.42 Å². The van der Waals surface area contributed by atoms with Crippen molar-refractivity contribution < 1.29 is 21.6 Å². The van der Waals surface area contributed by atoms with Crippen LogP contribution in [0.15, 0.2) is 29.2 Å². The normalized spacial score (nSPS) is 21.2. The number of rotatable bonds is 2. The number of halogens is 3. The van der Waals surface area contributed by atoms with Gasteiger partial charge in [0, 0.05) is 6.04 Å². The lowest BCUT2D eigenvalue weighted by atomic mass is 10.1. The third-order valence-electron chi connectivity index (χ3n) is 2.94. The molecule has 0 amide bonds. The molecule has 0 saturated carbocycles. The van der Waals surface area contributed by atoms with Crippen molar-refractivity contribution in [2.24, 2.45) is 0 Å². The van der Waals surface area contributed by atoms with Crippen LogP contribution in [0.3, 0.4) is 0 Å². The maximum atomic E-state index is 12.4. The predicted octanol–water partition coefficient (Wildman–Crippen LogP) is 2.40. The van der Waals surface area contributed by atoms with Gasteiger partial charge in [0.15, 0.2) is 0 Å². The summed E-state index contributed by atoms with van der Waals surface area (Å²) in [6.45, 7) is 0.793. The van der Waals surface area contributed by atoms with Gasteiger partial charge in [-0.2, -0.15) is 13.2 Å². The van der Waals surface area contributed by atoms with Crippen LogP contribution in [-0.4, -0.2) is 20.5 Å². The molecular formula is C11H12F3NO2S. The molecule has 1 N–H and O–H groups in total. The molecule has 1 aromatic rings. The summed E-state index contributed by atoms with van der Waals surface area (Å²) >= 11 is 0. The maximum Gasteiger partial charge on any atom is 0.501 e. The third-order valence-corrected chi connectivity index (χ3v) is 4.42. The molecule has 1 saturated heterocycles. The van der Waals surface area contributed by atoms with E-state index in [2.05, 4.69) is 5.32 Å². The molecule has 0 bridgehead atoms. The summed E-state index contributed by atoms with van der Waals surface area (Å²) in [4.78, 5) is -0.693. The summed E-state index contributed by atoms with van der Waals surface area (Å²) in [6.07, 6.45) is 1.73. The molecule has 0 spiro atoms. The van der Waals surface area contributed by atoms with Crippen molar-refractivity contribution >= 4 is 9.84 Å². The topological polar surface area (TPSA) is 46.2 Å². The van der Waals surface area contributed by atoms with Crippen molar-refractivity contribution in [1.82, 2.24) is 5.32 Å². The monoisotopic (exact) mass is 279 g/mol. The fraction of sp³-hybridized carbons (Fsp3) is 0.455. The second-order valence-electron chi connectivity index (χ2n) is 4.17. The molecule has 18 heavy (non-hydrogen) atoms. The van der Waals surface area contributed by atoms with E-state index in [4.69, 9.17) is 0 Å². The zero-order chi connectivity index (χ0) is 13.4. The first-order valence-electron chi connectivity index (χ1n) is 5.47. The lowest BCUT2D eigenvalue weighted by Crippen LogP contribution is -2.23. The molecule has 2 rings (SSSR count). The van der Waals surface area contributed by atoms with E-state index in [1.807, 2.05) is 0 Å². The number of hydrogen-bond donors (Lipinski definition) is 1. The minimum Gasteiger partial charge on any atom is -0.310 e. The van der Waals surface area contributed by atoms with Crippen molar-refractivity contribution in [3.05, 3.63) is 29.8 Å². The summed E-state index contributed by atoms with van der Waals surface area (Å²) in [6, 6.07) is 4.99. The summed E-state index contributed by atoms with van der Waals surface area (Å²) in [5.74, 6) is 0. The van der Waals surface area contributed by atoms with Crippen LogP contribution in [0.2, 0.25) is 0 Å².